The maximum Gasteiger partial charge on any atom is 0.249 e. The van der Waals surface area contributed by atoms with Gasteiger partial charge in [-0.05, 0) is 55.4 Å². The van der Waals surface area contributed by atoms with Crippen LogP contribution >= 0.6 is 0 Å². The van der Waals surface area contributed by atoms with E-state index in [9.17, 15) is 9.90 Å². The lowest BCUT2D eigenvalue weighted by atomic mass is 9.89. The number of nitrogens with one attached hydrogen (secondary N) is 1. The third kappa shape index (κ3) is 4.58. The van der Waals surface area contributed by atoms with Gasteiger partial charge in [0.2, 0.25) is 5.91 Å². The normalized spacial score (nSPS) is 29.0. The molecular formula is C23H27N3O3. The van der Waals surface area contributed by atoms with Gasteiger partial charge in [0.15, 0.2) is 0 Å². The van der Waals surface area contributed by atoms with Crippen LogP contribution in [0, 0.1) is 17.2 Å². The Morgan fingerprint density at radius 3 is 2.69 bits per heavy atom. The molecule has 2 fully saturated rings. The smallest absolute Gasteiger partial charge is 0.249 e. The number of carbonyl (C=O) groups excluding carboxylic acids is 1. The van der Waals surface area contributed by atoms with Gasteiger partial charge in [-0.25, -0.2) is 0 Å². The molecule has 152 valence electrons. The zero-order valence-corrected chi connectivity index (χ0v) is 16.5. The van der Waals surface area contributed by atoms with E-state index in [-0.39, 0.29) is 11.9 Å². The number of ether oxygens (including phenoxy) is 1. The van der Waals surface area contributed by atoms with E-state index in [0.717, 1.165) is 44.1 Å². The number of hydrogen-bond acceptors (Lipinski definition) is 5. The number of aliphatic imine (C=N–C) groups is 1. The van der Waals surface area contributed by atoms with Gasteiger partial charge in [-0.15, -0.1) is 0 Å². The number of dihydropyridines is 1. The number of hydrogen-bond donors (Lipinski definition) is 2. The first kappa shape index (κ1) is 19.8. The minimum Gasteiger partial charge on any atom is -0.391 e. The molecule has 2 aliphatic carbocycles. The molecule has 1 aromatic carbocycles. The summed E-state index contributed by atoms with van der Waals surface area (Å²) in [6.45, 7) is 0.901. The number of nitrogens with zero attached hydrogens (tertiary/aromatic N) is 2. The Bertz CT molecular complexity index is 851. The van der Waals surface area contributed by atoms with Crippen LogP contribution in [0.5, 0.6) is 0 Å². The summed E-state index contributed by atoms with van der Waals surface area (Å²) in [7, 11) is 0. The first-order valence-electron chi connectivity index (χ1n) is 10.5. The van der Waals surface area contributed by atoms with E-state index >= 15 is 0 Å². The second-order valence-electron chi connectivity index (χ2n) is 8.31. The lowest BCUT2D eigenvalue weighted by molar-refractivity contribution is -0.119. The fourth-order valence-electron chi connectivity index (χ4n) is 3.97. The minimum atomic E-state index is -0.910. The zero-order valence-electron chi connectivity index (χ0n) is 16.5. The first-order chi connectivity index (χ1) is 14.1. The highest BCUT2D eigenvalue weighted by molar-refractivity contribution is 5.96. The van der Waals surface area contributed by atoms with Crippen LogP contribution in [-0.4, -0.2) is 42.5 Å². The van der Waals surface area contributed by atoms with Gasteiger partial charge in [-0.2, -0.15) is 5.26 Å². The molecule has 0 bridgehead atoms. The van der Waals surface area contributed by atoms with Crippen molar-refractivity contribution in [3.8, 4) is 6.07 Å². The van der Waals surface area contributed by atoms with Crippen molar-refractivity contribution in [3.05, 3.63) is 47.0 Å². The van der Waals surface area contributed by atoms with Crippen LogP contribution in [0.3, 0.4) is 0 Å². The SMILES string of the molecule is N#Cc1ccc(C2(OCC3CC3)C=NCC(C(=O)N[C@@H]3CCCC[C@H]3O)=C2)cc1. The molecular weight excluding hydrogens is 366 g/mol. The van der Waals surface area contributed by atoms with Crippen LogP contribution in [0.4, 0.5) is 0 Å². The number of rotatable bonds is 6. The van der Waals surface area contributed by atoms with Crippen molar-refractivity contribution in [2.24, 2.45) is 10.9 Å². The maximum atomic E-state index is 12.9. The van der Waals surface area contributed by atoms with Gasteiger partial charge in [0.1, 0.15) is 5.60 Å². The quantitative estimate of drug-likeness (QED) is 0.777. The summed E-state index contributed by atoms with van der Waals surface area (Å²) in [6, 6.07) is 9.15. The van der Waals surface area contributed by atoms with Crippen LogP contribution in [0.15, 0.2) is 40.9 Å². The van der Waals surface area contributed by atoms with E-state index in [1.165, 1.54) is 0 Å². The Labute approximate surface area is 171 Å². The van der Waals surface area contributed by atoms with Crippen LogP contribution in [0.25, 0.3) is 0 Å². The number of aliphatic hydroxyl groups excluding tert-OH is 1. The summed E-state index contributed by atoms with van der Waals surface area (Å²) in [5, 5.41) is 22.3. The molecule has 0 saturated heterocycles. The molecule has 1 unspecified atom stereocenters. The van der Waals surface area contributed by atoms with Crippen LogP contribution in [0.1, 0.15) is 49.7 Å². The molecule has 0 aromatic heterocycles. The molecule has 1 heterocycles. The minimum absolute atomic E-state index is 0.194. The largest absolute Gasteiger partial charge is 0.391 e. The number of amides is 1. The van der Waals surface area contributed by atoms with Crippen LogP contribution in [-0.2, 0) is 15.1 Å². The highest BCUT2D eigenvalue weighted by Gasteiger charge is 2.36. The second kappa shape index (κ2) is 8.48. The Balaban J connectivity index is 1.58. The number of aliphatic hydroxyl groups is 1. The van der Waals surface area contributed by atoms with Gasteiger partial charge in [-0.3, -0.25) is 9.79 Å². The molecule has 2 N–H and O–H groups in total. The molecule has 1 amide bonds. The topological polar surface area (TPSA) is 94.7 Å². The van der Waals surface area contributed by atoms with E-state index in [2.05, 4.69) is 16.4 Å². The summed E-state index contributed by atoms with van der Waals surface area (Å²) in [5.41, 5.74) is 1.06. The molecule has 3 atom stereocenters. The van der Waals surface area contributed by atoms with E-state index in [4.69, 9.17) is 10.00 Å². The standard InChI is InChI=1S/C23H27N3O3/c24-12-16-7-9-19(10-8-16)23(29-14-17-5-6-17)11-18(13-25-15-23)22(28)26-20-3-1-2-4-21(20)27/h7-11,15,17,20-21,27H,1-6,13-14H2,(H,26,28)/t20-,21-,23?/m1/s1. The molecule has 4 rings (SSSR count). The van der Waals surface area contributed by atoms with Gasteiger partial charge in [-0.1, -0.05) is 25.0 Å². The Kier molecular flexibility index (Phi) is 5.79. The summed E-state index contributed by atoms with van der Waals surface area (Å²) in [4.78, 5) is 17.4. The van der Waals surface area contributed by atoms with Crippen molar-refractivity contribution in [2.75, 3.05) is 13.2 Å². The average Bonchev–Trinajstić information content (AvgIpc) is 3.59. The average molecular weight is 393 g/mol. The Morgan fingerprint density at radius 2 is 2.00 bits per heavy atom. The van der Waals surface area contributed by atoms with Crippen molar-refractivity contribution in [2.45, 2.75) is 56.3 Å². The van der Waals surface area contributed by atoms with Gasteiger partial charge in [0, 0.05) is 11.8 Å². The lowest BCUT2D eigenvalue weighted by Crippen LogP contribution is -2.46. The predicted molar refractivity (Wildman–Crippen MR) is 109 cm³/mol. The molecule has 2 saturated carbocycles. The van der Waals surface area contributed by atoms with E-state index < -0.39 is 11.7 Å². The zero-order chi connectivity index (χ0) is 20.3. The second-order valence-corrected chi connectivity index (χ2v) is 8.31. The Hall–Kier alpha value is -2.49. The maximum absolute atomic E-state index is 12.9. The fraction of sp³-hybridized carbons (Fsp3) is 0.522. The molecule has 6 nitrogen and oxygen atoms in total. The van der Waals surface area contributed by atoms with Crippen molar-refractivity contribution >= 4 is 12.1 Å². The van der Waals surface area contributed by atoms with Crippen molar-refractivity contribution in [3.63, 3.8) is 0 Å². The molecule has 29 heavy (non-hydrogen) atoms. The predicted octanol–water partition coefficient (Wildman–Crippen LogP) is 2.61. The number of nitriles is 1. The lowest BCUT2D eigenvalue weighted by Gasteiger charge is -2.32. The molecule has 0 radical (unpaired) electrons. The third-order valence-electron chi connectivity index (χ3n) is 5.99. The first-order valence-corrected chi connectivity index (χ1v) is 10.5. The molecule has 0 spiro atoms. The molecule has 3 aliphatic rings. The monoisotopic (exact) mass is 393 g/mol. The van der Waals surface area contributed by atoms with Crippen molar-refractivity contribution in [1.29, 1.82) is 5.26 Å². The summed E-state index contributed by atoms with van der Waals surface area (Å²) in [5.74, 6) is 0.365. The highest BCUT2D eigenvalue weighted by atomic mass is 16.5. The van der Waals surface area contributed by atoms with Gasteiger partial charge in [0.25, 0.3) is 0 Å². The number of benzene rings is 1. The van der Waals surface area contributed by atoms with E-state index in [1.54, 1.807) is 18.3 Å². The fourth-order valence-corrected chi connectivity index (χ4v) is 3.97. The van der Waals surface area contributed by atoms with Gasteiger partial charge < -0.3 is 15.2 Å². The van der Waals surface area contributed by atoms with Gasteiger partial charge >= 0.3 is 0 Å². The van der Waals surface area contributed by atoms with E-state index in [0.29, 0.717) is 30.2 Å². The third-order valence-corrected chi connectivity index (χ3v) is 5.99. The number of carbonyl (C=O) groups is 1. The van der Waals surface area contributed by atoms with Crippen molar-refractivity contribution in [1.82, 2.24) is 5.32 Å². The van der Waals surface area contributed by atoms with Gasteiger partial charge in [0.05, 0.1) is 36.9 Å². The summed E-state index contributed by atoms with van der Waals surface area (Å²) < 4.78 is 6.31. The molecule has 1 aliphatic heterocycles. The Morgan fingerprint density at radius 1 is 1.24 bits per heavy atom. The van der Waals surface area contributed by atoms with E-state index in [1.807, 2.05) is 18.2 Å². The molecule has 6 heteroatoms. The van der Waals surface area contributed by atoms with Crippen LogP contribution < -0.4 is 5.32 Å². The summed E-state index contributed by atoms with van der Waals surface area (Å²) in [6.07, 6.45) is 8.99. The van der Waals surface area contributed by atoms with Crippen LogP contribution in [0.2, 0.25) is 0 Å². The van der Waals surface area contributed by atoms with Crippen molar-refractivity contribution < 1.29 is 14.6 Å². The molecule has 1 aromatic rings. The summed E-state index contributed by atoms with van der Waals surface area (Å²) >= 11 is 0. The highest BCUT2D eigenvalue weighted by Crippen LogP contribution is 2.35.